The highest BCUT2D eigenvalue weighted by Crippen LogP contribution is 2.57. The van der Waals surface area contributed by atoms with Crippen LogP contribution in [0.15, 0.2) is 16.8 Å². The van der Waals surface area contributed by atoms with Gasteiger partial charge in [-0.2, -0.15) is 11.3 Å². The first kappa shape index (κ1) is 20.8. The van der Waals surface area contributed by atoms with E-state index in [9.17, 15) is 9.59 Å². The summed E-state index contributed by atoms with van der Waals surface area (Å²) in [5.41, 5.74) is 0.813. The Labute approximate surface area is 177 Å². The van der Waals surface area contributed by atoms with Crippen molar-refractivity contribution in [2.45, 2.75) is 32.6 Å². The van der Waals surface area contributed by atoms with Crippen LogP contribution in [0, 0.1) is 10.8 Å². The summed E-state index contributed by atoms with van der Waals surface area (Å²) in [4.78, 5) is 32.7. The Balaban J connectivity index is 1.49. The van der Waals surface area contributed by atoms with Gasteiger partial charge in [0, 0.05) is 58.3 Å². The lowest BCUT2D eigenvalue weighted by Crippen LogP contribution is -2.53. The molecule has 29 heavy (non-hydrogen) atoms. The summed E-state index contributed by atoms with van der Waals surface area (Å²) >= 11 is 1.64. The number of hydrogen-bond donors (Lipinski definition) is 0. The predicted octanol–water partition coefficient (Wildman–Crippen LogP) is 2.10. The first-order valence-electron chi connectivity index (χ1n) is 10.8. The fourth-order valence-corrected chi connectivity index (χ4v) is 6.51. The van der Waals surface area contributed by atoms with Crippen molar-refractivity contribution in [2.75, 3.05) is 59.5 Å². The molecule has 7 heteroatoms. The summed E-state index contributed by atoms with van der Waals surface area (Å²) in [6.45, 7) is 8.64. The molecule has 160 valence electrons. The Bertz CT molecular complexity index is 730. The molecule has 1 atom stereocenters. The second kappa shape index (κ2) is 8.36. The van der Waals surface area contributed by atoms with Gasteiger partial charge in [-0.15, -0.1) is 0 Å². The minimum atomic E-state index is -0.279. The van der Waals surface area contributed by atoms with Crippen LogP contribution in [0.1, 0.15) is 31.7 Å². The number of methoxy groups -OCH3 is 1. The Morgan fingerprint density at radius 1 is 1.21 bits per heavy atom. The highest BCUT2D eigenvalue weighted by atomic mass is 32.1. The fourth-order valence-electron chi connectivity index (χ4n) is 5.84. The van der Waals surface area contributed by atoms with Gasteiger partial charge in [-0.1, -0.05) is 0 Å². The van der Waals surface area contributed by atoms with Crippen molar-refractivity contribution < 1.29 is 14.3 Å². The average Bonchev–Trinajstić information content (AvgIpc) is 3.42. The van der Waals surface area contributed by atoms with E-state index < -0.39 is 0 Å². The van der Waals surface area contributed by atoms with E-state index in [1.54, 1.807) is 18.4 Å². The molecule has 0 radical (unpaired) electrons. The van der Waals surface area contributed by atoms with Crippen LogP contribution in [0.2, 0.25) is 0 Å². The number of amides is 2. The quantitative estimate of drug-likeness (QED) is 0.709. The van der Waals surface area contributed by atoms with Gasteiger partial charge < -0.3 is 14.5 Å². The summed E-state index contributed by atoms with van der Waals surface area (Å²) < 4.78 is 5.31. The molecule has 0 N–H and O–H groups in total. The SMILES string of the molecule is CCN1CCC2(CN(CCOC)CC23CCN(C(=O)Cc2ccsc2)CC3)C1=O. The third-order valence-electron chi connectivity index (χ3n) is 7.54. The summed E-state index contributed by atoms with van der Waals surface area (Å²) in [5.74, 6) is 0.562. The second-order valence-electron chi connectivity index (χ2n) is 8.89. The zero-order chi connectivity index (χ0) is 20.5. The Morgan fingerprint density at radius 2 is 2.00 bits per heavy atom. The zero-order valence-electron chi connectivity index (χ0n) is 17.7. The van der Waals surface area contributed by atoms with Gasteiger partial charge in [0.15, 0.2) is 0 Å². The lowest BCUT2D eigenvalue weighted by Gasteiger charge is -2.47. The van der Waals surface area contributed by atoms with Crippen molar-refractivity contribution in [3.63, 3.8) is 0 Å². The lowest BCUT2D eigenvalue weighted by atomic mass is 9.60. The summed E-state index contributed by atoms with van der Waals surface area (Å²) in [5, 5.41) is 4.08. The van der Waals surface area contributed by atoms with E-state index in [-0.39, 0.29) is 16.7 Å². The number of hydrogen-bond acceptors (Lipinski definition) is 5. The number of piperidine rings is 1. The Morgan fingerprint density at radius 3 is 2.62 bits per heavy atom. The topological polar surface area (TPSA) is 53.1 Å². The number of carbonyl (C=O) groups is 2. The number of nitrogens with zero attached hydrogens (tertiary/aromatic N) is 3. The van der Waals surface area contributed by atoms with Gasteiger partial charge >= 0.3 is 0 Å². The van der Waals surface area contributed by atoms with Crippen molar-refractivity contribution in [1.29, 1.82) is 0 Å². The number of thiophene rings is 1. The molecular weight excluding hydrogens is 386 g/mol. The van der Waals surface area contributed by atoms with Gasteiger partial charge in [-0.05, 0) is 48.6 Å². The fraction of sp³-hybridized carbons (Fsp3) is 0.727. The van der Waals surface area contributed by atoms with Crippen LogP contribution in [-0.2, 0) is 20.7 Å². The van der Waals surface area contributed by atoms with Gasteiger partial charge in [0.25, 0.3) is 0 Å². The van der Waals surface area contributed by atoms with Gasteiger partial charge in [0.1, 0.15) is 0 Å². The first-order valence-corrected chi connectivity index (χ1v) is 11.8. The monoisotopic (exact) mass is 419 g/mol. The van der Waals surface area contributed by atoms with Crippen molar-refractivity contribution >= 4 is 23.2 Å². The molecule has 3 aliphatic rings. The zero-order valence-corrected chi connectivity index (χ0v) is 18.5. The first-order chi connectivity index (χ1) is 14.0. The molecule has 0 aromatic carbocycles. The molecule has 0 aliphatic carbocycles. The van der Waals surface area contributed by atoms with Crippen LogP contribution >= 0.6 is 11.3 Å². The third-order valence-corrected chi connectivity index (χ3v) is 8.27. The molecule has 6 nitrogen and oxygen atoms in total. The standard InChI is InChI=1S/C22H33N3O3S/c1-3-24-10-7-22(20(24)27)17-23(11-12-28-2)16-21(22)5-8-25(9-6-21)19(26)14-18-4-13-29-15-18/h4,13,15H,3,5-12,14,16-17H2,1-2H3. The predicted molar refractivity (Wildman–Crippen MR) is 114 cm³/mol. The van der Waals surface area contributed by atoms with Crippen molar-refractivity contribution in [2.24, 2.45) is 10.8 Å². The smallest absolute Gasteiger partial charge is 0.230 e. The molecule has 2 amide bonds. The van der Waals surface area contributed by atoms with E-state index in [0.717, 1.165) is 70.6 Å². The van der Waals surface area contributed by atoms with E-state index >= 15 is 0 Å². The third kappa shape index (κ3) is 3.62. The van der Waals surface area contributed by atoms with E-state index in [0.29, 0.717) is 18.9 Å². The molecule has 0 bridgehead atoms. The van der Waals surface area contributed by atoms with E-state index in [4.69, 9.17) is 4.74 Å². The van der Waals surface area contributed by atoms with Gasteiger partial charge in [0.2, 0.25) is 11.8 Å². The van der Waals surface area contributed by atoms with Crippen LogP contribution in [0.5, 0.6) is 0 Å². The van der Waals surface area contributed by atoms with Gasteiger partial charge in [-0.25, -0.2) is 0 Å². The maximum atomic E-state index is 13.5. The van der Waals surface area contributed by atoms with Crippen molar-refractivity contribution in [3.8, 4) is 0 Å². The molecule has 4 heterocycles. The summed E-state index contributed by atoms with van der Waals surface area (Å²) in [6, 6.07) is 2.03. The van der Waals surface area contributed by atoms with Crippen LogP contribution < -0.4 is 0 Å². The second-order valence-corrected chi connectivity index (χ2v) is 9.67. The maximum absolute atomic E-state index is 13.5. The number of fused-ring (bicyclic) bond motifs is 1. The molecule has 1 unspecified atom stereocenters. The number of carbonyl (C=O) groups excluding carboxylic acids is 2. The summed E-state index contributed by atoms with van der Waals surface area (Å²) in [6.07, 6.45) is 3.29. The molecule has 0 saturated carbocycles. The summed E-state index contributed by atoms with van der Waals surface area (Å²) in [7, 11) is 1.73. The highest BCUT2D eigenvalue weighted by Gasteiger charge is 2.64. The molecule has 1 aromatic rings. The van der Waals surface area contributed by atoms with E-state index in [2.05, 4.69) is 17.2 Å². The van der Waals surface area contributed by atoms with Crippen LogP contribution in [-0.4, -0.2) is 86.0 Å². The van der Waals surface area contributed by atoms with Crippen LogP contribution in [0.3, 0.4) is 0 Å². The normalized spacial score (nSPS) is 26.9. The maximum Gasteiger partial charge on any atom is 0.230 e. The minimum absolute atomic E-state index is 0.0130. The van der Waals surface area contributed by atoms with Gasteiger partial charge in [0.05, 0.1) is 18.4 Å². The molecular formula is C22H33N3O3S. The van der Waals surface area contributed by atoms with Crippen molar-refractivity contribution in [3.05, 3.63) is 22.4 Å². The largest absolute Gasteiger partial charge is 0.383 e. The lowest BCUT2D eigenvalue weighted by molar-refractivity contribution is -0.143. The molecule has 3 saturated heterocycles. The molecule has 4 rings (SSSR count). The van der Waals surface area contributed by atoms with Crippen LogP contribution in [0.25, 0.3) is 0 Å². The number of likely N-dealkylation sites (tertiary alicyclic amines) is 3. The number of rotatable bonds is 6. The van der Waals surface area contributed by atoms with Gasteiger partial charge in [-0.3, -0.25) is 14.5 Å². The van der Waals surface area contributed by atoms with Crippen LogP contribution in [0.4, 0.5) is 0 Å². The molecule has 3 aliphatic heterocycles. The van der Waals surface area contributed by atoms with E-state index in [1.807, 2.05) is 21.2 Å². The van der Waals surface area contributed by atoms with Crippen molar-refractivity contribution in [1.82, 2.24) is 14.7 Å². The minimum Gasteiger partial charge on any atom is -0.383 e. The highest BCUT2D eigenvalue weighted by molar-refractivity contribution is 7.08. The Kier molecular flexibility index (Phi) is 6.00. The molecule has 3 fully saturated rings. The Hall–Kier alpha value is -1.44. The molecule has 2 spiro atoms. The average molecular weight is 420 g/mol. The number of ether oxygens (including phenoxy) is 1. The van der Waals surface area contributed by atoms with E-state index in [1.165, 1.54) is 0 Å². The molecule has 1 aromatic heterocycles.